The molecular formula is C23H31NO7. The van der Waals surface area contributed by atoms with Gasteiger partial charge in [-0.25, -0.2) is 9.59 Å². The molecular weight excluding hydrogens is 402 g/mol. The molecule has 0 bridgehead atoms. The van der Waals surface area contributed by atoms with Crippen molar-refractivity contribution < 1.29 is 34.0 Å². The summed E-state index contributed by atoms with van der Waals surface area (Å²) < 4.78 is 18.3. The Morgan fingerprint density at radius 2 is 1.77 bits per heavy atom. The van der Waals surface area contributed by atoms with E-state index in [9.17, 15) is 9.59 Å². The Bertz CT molecular complexity index is 839. The van der Waals surface area contributed by atoms with Crippen LogP contribution in [0.2, 0.25) is 0 Å². The van der Waals surface area contributed by atoms with Crippen molar-refractivity contribution in [2.75, 3.05) is 40.5 Å². The maximum absolute atomic E-state index is 9.55. The third kappa shape index (κ3) is 4.46. The van der Waals surface area contributed by atoms with Crippen LogP contribution in [0.15, 0.2) is 36.4 Å². The van der Waals surface area contributed by atoms with Crippen molar-refractivity contribution in [1.29, 1.82) is 0 Å². The van der Waals surface area contributed by atoms with Gasteiger partial charge in [0.15, 0.2) is 5.79 Å². The van der Waals surface area contributed by atoms with E-state index in [2.05, 4.69) is 44.0 Å². The van der Waals surface area contributed by atoms with Crippen molar-refractivity contribution in [2.45, 2.75) is 31.5 Å². The van der Waals surface area contributed by atoms with Crippen LogP contribution in [0.1, 0.15) is 25.8 Å². The molecule has 2 heterocycles. The lowest BCUT2D eigenvalue weighted by molar-refractivity contribution is -0.377. The number of aliphatic carboxylic acids is 2. The van der Waals surface area contributed by atoms with E-state index < -0.39 is 17.7 Å². The van der Waals surface area contributed by atoms with Gasteiger partial charge in [0, 0.05) is 37.1 Å². The minimum atomic E-state index is -1.26. The number of ether oxygens (including phenoxy) is 3. The van der Waals surface area contributed by atoms with E-state index in [1.165, 1.54) is 5.56 Å². The maximum Gasteiger partial charge on any atom is 0.328 e. The highest BCUT2D eigenvalue weighted by atomic mass is 16.7. The number of fused-ring (bicyclic) bond motifs is 2. The molecule has 1 aromatic rings. The van der Waals surface area contributed by atoms with Crippen LogP contribution in [0.5, 0.6) is 5.75 Å². The van der Waals surface area contributed by atoms with Gasteiger partial charge in [0.1, 0.15) is 5.75 Å². The minimum absolute atomic E-state index is 0.0766. The van der Waals surface area contributed by atoms with Crippen LogP contribution in [-0.2, 0) is 24.5 Å². The Labute approximate surface area is 182 Å². The molecule has 8 nitrogen and oxygen atoms in total. The van der Waals surface area contributed by atoms with E-state index in [0.29, 0.717) is 18.1 Å². The Kier molecular flexibility index (Phi) is 6.45. The van der Waals surface area contributed by atoms with Crippen LogP contribution in [0.25, 0.3) is 0 Å². The molecule has 1 aliphatic carbocycles. The van der Waals surface area contributed by atoms with Crippen LogP contribution < -0.4 is 4.74 Å². The first-order valence-electron chi connectivity index (χ1n) is 10.3. The summed E-state index contributed by atoms with van der Waals surface area (Å²) in [5, 5.41) is 15.6. The molecule has 2 saturated heterocycles. The highest BCUT2D eigenvalue weighted by molar-refractivity contribution is 5.89. The number of likely N-dealkylation sites (tertiary alicyclic amines) is 1. The molecule has 31 heavy (non-hydrogen) atoms. The standard InChI is InChI=1S/C19H27NO3.C4H4O4/c1-17(2)12-22-19(23-13-17)9-15-10-20(3)11-18(15,19)14-6-5-7-16(8-14)21-4;5-3(6)1-2-4(7)8/h5-8,15H,9-13H2,1-4H3;1-2H,(H,5,6)(H,7,8)/b;2-1+. The SMILES string of the molecule is COc1cccc(C23CN(C)CC2CC32OCC(C)(C)CO2)c1.O=C(O)/C=C/C(=O)O. The van der Waals surface area contributed by atoms with Crippen LogP contribution in [0, 0.1) is 11.3 Å². The van der Waals surface area contributed by atoms with Gasteiger partial charge < -0.3 is 29.3 Å². The zero-order chi connectivity index (χ0) is 22.9. The molecule has 3 fully saturated rings. The monoisotopic (exact) mass is 433 g/mol. The smallest absolute Gasteiger partial charge is 0.328 e. The van der Waals surface area contributed by atoms with Crippen molar-refractivity contribution in [3.63, 3.8) is 0 Å². The molecule has 2 aliphatic heterocycles. The van der Waals surface area contributed by atoms with Gasteiger partial charge in [-0.1, -0.05) is 26.0 Å². The maximum atomic E-state index is 9.55. The average Bonchev–Trinajstić information content (AvgIpc) is 2.99. The summed E-state index contributed by atoms with van der Waals surface area (Å²) in [5.74, 6) is -1.49. The number of carboxylic acid groups (broad SMARTS) is 2. The number of methoxy groups -OCH3 is 1. The summed E-state index contributed by atoms with van der Waals surface area (Å²) in [7, 11) is 3.92. The fraction of sp³-hybridized carbons (Fsp3) is 0.565. The quantitative estimate of drug-likeness (QED) is 0.698. The molecule has 1 saturated carbocycles. The van der Waals surface area contributed by atoms with Crippen LogP contribution >= 0.6 is 0 Å². The van der Waals surface area contributed by atoms with E-state index in [4.69, 9.17) is 24.4 Å². The number of benzene rings is 1. The van der Waals surface area contributed by atoms with E-state index in [0.717, 1.165) is 38.5 Å². The molecule has 1 spiro atoms. The fourth-order valence-corrected chi connectivity index (χ4v) is 4.87. The van der Waals surface area contributed by atoms with Crippen LogP contribution in [0.3, 0.4) is 0 Å². The second kappa shape index (κ2) is 8.61. The number of hydrogen-bond donors (Lipinski definition) is 2. The Hall–Kier alpha value is -2.42. The zero-order valence-corrected chi connectivity index (χ0v) is 18.5. The summed E-state index contributed by atoms with van der Waals surface area (Å²) in [4.78, 5) is 21.5. The summed E-state index contributed by atoms with van der Waals surface area (Å²) in [6.45, 7) is 8.01. The predicted molar refractivity (Wildman–Crippen MR) is 113 cm³/mol. The van der Waals surface area contributed by atoms with E-state index >= 15 is 0 Å². The van der Waals surface area contributed by atoms with E-state index in [-0.39, 0.29) is 10.8 Å². The number of likely N-dealkylation sites (N-methyl/N-ethyl adjacent to an activating group) is 1. The molecule has 8 heteroatoms. The summed E-state index contributed by atoms with van der Waals surface area (Å²) in [6, 6.07) is 8.46. The molecule has 2 atom stereocenters. The first-order chi connectivity index (χ1) is 14.5. The van der Waals surface area contributed by atoms with Gasteiger partial charge in [-0.2, -0.15) is 0 Å². The third-order valence-corrected chi connectivity index (χ3v) is 6.29. The van der Waals surface area contributed by atoms with E-state index in [1.807, 2.05) is 6.07 Å². The van der Waals surface area contributed by atoms with Crippen molar-refractivity contribution in [3.05, 3.63) is 42.0 Å². The van der Waals surface area contributed by atoms with Gasteiger partial charge in [-0.15, -0.1) is 0 Å². The first-order valence-corrected chi connectivity index (χ1v) is 10.3. The molecule has 1 aromatic carbocycles. The largest absolute Gasteiger partial charge is 0.497 e. The second-order valence-corrected chi connectivity index (χ2v) is 9.31. The molecule has 2 unspecified atom stereocenters. The normalized spacial score (nSPS) is 28.3. The Balaban J connectivity index is 0.000000293. The fourth-order valence-electron chi connectivity index (χ4n) is 4.87. The van der Waals surface area contributed by atoms with Gasteiger partial charge in [-0.05, 0) is 30.7 Å². The highest BCUT2D eigenvalue weighted by Crippen LogP contribution is 2.63. The highest BCUT2D eigenvalue weighted by Gasteiger charge is 2.72. The molecule has 0 amide bonds. The van der Waals surface area contributed by atoms with Gasteiger partial charge in [0.2, 0.25) is 0 Å². The number of nitrogens with zero attached hydrogens (tertiary/aromatic N) is 1. The van der Waals surface area contributed by atoms with Crippen molar-refractivity contribution in [2.24, 2.45) is 11.3 Å². The van der Waals surface area contributed by atoms with Crippen LogP contribution in [-0.4, -0.2) is 73.3 Å². The topological polar surface area (TPSA) is 106 Å². The predicted octanol–water partition coefficient (Wildman–Crippen LogP) is 2.38. The lowest BCUT2D eigenvalue weighted by atomic mass is 9.53. The summed E-state index contributed by atoms with van der Waals surface area (Å²) in [5.41, 5.74) is 1.31. The third-order valence-electron chi connectivity index (χ3n) is 6.29. The number of rotatable bonds is 4. The number of carboxylic acids is 2. The minimum Gasteiger partial charge on any atom is -0.497 e. The van der Waals surface area contributed by atoms with Gasteiger partial charge in [-0.3, -0.25) is 0 Å². The molecule has 170 valence electrons. The van der Waals surface area contributed by atoms with Gasteiger partial charge in [0.25, 0.3) is 0 Å². The zero-order valence-electron chi connectivity index (χ0n) is 18.5. The Morgan fingerprint density at radius 1 is 1.16 bits per heavy atom. The number of hydrogen-bond acceptors (Lipinski definition) is 6. The second-order valence-electron chi connectivity index (χ2n) is 9.31. The van der Waals surface area contributed by atoms with Gasteiger partial charge >= 0.3 is 11.9 Å². The van der Waals surface area contributed by atoms with Crippen molar-refractivity contribution in [3.8, 4) is 5.75 Å². The first kappa shape index (κ1) is 23.2. The lowest BCUT2D eigenvalue weighted by Gasteiger charge is -2.63. The Morgan fingerprint density at radius 3 is 2.29 bits per heavy atom. The van der Waals surface area contributed by atoms with Gasteiger partial charge in [0.05, 0.1) is 25.7 Å². The lowest BCUT2D eigenvalue weighted by Crippen LogP contribution is -2.71. The summed E-state index contributed by atoms with van der Waals surface area (Å²) >= 11 is 0. The molecule has 2 N–H and O–H groups in total. The van der Waals surface area contributed by atoms with Crippen molar-refractivity contribution >= 4 is 11.9 Å². The molecule has 4 rings (SSSR count). The molecule has 0 aromatic heterocycles. The average molecular weight is 434 g/mol. The molecule has 3 aliphatic rings. The van der Waals surface area contributed by atoms with E-state index in [1.54, 1.807) is 7.11 Å². The molecule has 0 radical (unpaired) electrons. The number of carbonyl (C=O) groups is 2. The summed E-state index contributed by atoms with van der Waals surface area (Å²) in [6.07, 6.45) is 2.11. The van der Waals surface area contributed by atoms with Crippen LogP contribution in [0.4, 0.5) is 0 Å². The van der Waals surface area contributed by atoms with Crippen molar-refractivity contribution in [1.82, 2.24) is 4.90 Å².